The molecule has 82 valence electrons. The van der Waals surface area contributed by atoms with E-state index < -0.39 is 17.5 Å². The molecule has 0 fully saturated rings. The normalized spacial score (nSPS) is 13.4. The Labute approximate surface area is 88.3 Å². The Morgan fingerprint density at radius 1 is 1.20 bits per heavy atom. The SMILES string of the molecule is CCCCC(=O)O.O=C1C=CC=CC1=O. The predicted octanol–water partition coefficient (Wildman–Crippen LogP) is 1.51. The number of allylic oxidation sites excluding steroid dienone is 4. The summed E-state index contributed by atoms with van der Waals surface area (Å²) < 4.78 is 0. The number of ketones is 2. The molecule has 4 heteroatoms. The van der Waals surface area contributed by atoms with Crippen LogP contribution >= 0.6 is 0 Å². The second-order valence-electron chi connectivity index (χ2n) is 2.94. The van der Waals surface area contributed by atoms with E-state index in [2.05, 4.69) is 0 Å². The molecule has 0 saturated carbocycles. The van der Waals surface area contributed by atoms with Gasteiger partial charge in [0.05, 0.1) is 0 Å². The molecule has 0 aromatic rings. The van der Waals surface area contributed by atoms with Crippen molar-refractivity contribution in [3.8, 4) is 0 Å². The summed E-state index contributed by atoms with van der Waals surface area (Å²) in [5, 5.41) is 8.04. The largest absolute Gasteiger partial charge is 0.481 e. The summed E-state index contributed by atoms with van der Waals surface area (Å²) in [6, 6.07) is 0. The van der Waals surface area contributed by atoms with Crippen LogP contribution in [0.1, 0.15) is 26.2 Å². The highest BCUT2D eigenvalue weighted by Crippen LogP contribution is 1.91. The summed E-state index contributed by atoms with van der Waals surface area (Å²) in [4.78, 5) is 30.4. The Hall–Kier alpha value is -1.71. The first kappa shape index (κ1) is 13.3. The van der Waals surface area contributed by atoms with Gasteiger partial charge >= 0.3 is 5.97 Å². The van der Waals surface area contributed by atoms with Crippen molar-refractivity contribution < 1.29 is 19.5 Å². The van der Waals surface area contributed by atoms with Gasteiger partial charge in [0.15, 0.2) is 0 Å². The fourth-order valence-electron chi connectivity index (χ4n) is 0.778. The lowest BCUT2D eigenvalue weighted by molar-refractivity contribution is -0.137. The van der Waals surface area contributed by atoms with Crippen LogP contribution in [0, 0.1) is 0 Å². The summed E-state index contributed by atoms with van der Waals surface area (Å²) in [5.41, 5.74) is 0. The van der Waals surface area contributed by atoms with Gasteiger partial charge in [0.2, 0.25) is 11.6 Å². The molecule has 0 unspecified atom stereocenters. The van der Waals surface area contributed by atoms with Crippen molar-refractivity contribution >= 4 is 17.5 Å². The average Bonchev–Trinajstić information content (AvgIpc) is 2.20. The van der Waals surface area contributed by atoms with Crippen LogP contribution in [-0.2, 0) is 14.4 Å². The number of hydrogen-bond donors (Lipinski definition) is 1. The number of unbranched alkanes of at least 4 members (excludes halogenated alkanes) is 1. The monoisotopic (exact) mass is 210 g/mol. The summed E-state index contributed by atoms with van der Waals surface area (Å²) in [6.45, 7) is 1.98. The number of aliphatic carboxylic acids is 1. The highest BCUT2D eigenvalue weighted by Gasteiger charge is 2.06. The van der Waals surface area contributed by atoms with E-state index in [9.17, 15) is 14.4 Å². The molecule has 0 bridgehead atoms. The van der Waals surface area contributed by atoms with Crippen molar-refractivity contribution in [3.05, 3.63) is 24.3 Å². The molecule has 1 rings (SSSR count). The van der Waals surface area contributed by atoms with E-state index in [1.165, 1.54) is 12.2 Å². The topological polar surface area (TPSA) is 71.4 Å². The summed E-state index contributed by atoms with van der Waals surface area (Å²) in [7, 11) is 0. The molecule has 0 saturated heterocycles. The van der Waals surface area contributed by atoms with Crippen molar-refractivity contribution in [1.29, 1.82) is 0 Å². The van der Waals surface area contributed by atoms with E-state index in [-0.39, 0.29) is 0 Å². The summed E-state index contributed by atoms with van der Waals surface area (Å²) in [5.74, 6) is -1.57. The number of carbonyl (C=O) groups excluding carboxylic acids is 2. The molecule has 0 aromatic carbocycles. The van der Waals surface area contributed by atoms with Crippen LogP contribution in [0.2, 0.25) is 0 Å². The molecule has 0 atom stereocenters. The minimum atomic E-state index is -0.693. The molecule has 0 aliphatic heterocycles. The zero-order valence-electron chi connectivity index (χ0n) is 8.60. The minimum Gasteiger partial charge on any atom is -0.481 e. The maximum Gasteiger partial charge on any atom is 0.303 e. The van der Waals surface area contributed by atoms with E-state index in [0.717, 1.165) is 12.8 Å². The molecule has 15 heavy (non-hydrogen) atoms. The van der Waals surface area contributed by atoms with Crippen molar-refractivity contribution in [3.63, 3.8) is 0 Å². The molecule has 4 nitrogen and oxygen atoms in total. The fourth-order valence-corrected chi connectivity index (χ4v) is 0.778. The van der Waals surface area contributed by atoms with Gasteiger partial charge < -0.3 is 5.11 Å². The highest BCUT2D eigenvalue weighted by atomic mass is 16.4. The average molecular weight is 210 g/mol. The van der Waals surface area contributed by atoms with Gasteiger partial charge in [-0.2, -0.15) is 0 Å². The first-order valence-electron chi connectivity index (χ1n) is 4.72. The lowest BCUT2D eigenvalue weighted by Crippen LogP contribution is -2.08. The zero-order chi connectivity index (χ0) is 11.7. The number of carboxylic acids is 1. The van der Waals surface area contributed by atoms with Gasteiger partial charge in [-0.1, -0.05) is 25.5 Å². The first-order valence-corrected chi connectivity index (χ1v) is 4.72. The smallest absolute Gasteiger partial charge is 0.303 e. The van der Waals surface area contributed by atoms with Crippen LogP contribution in [0.15, 0.2) is 24.3 Å². The van der Waals surface area contributed by atoms with Gasteiger partial charge in [0.25, 0.3) is 0 Å². The Morgan fingerprint density at radius 2 is 1.67 bits per heavy atom. The third kappa shape index (κ3) is 7.37. The summed E-state index contributed by atoms with van der Waals surface area (Å²) >= 11 is 0. The maximum absolute atomic E-state index is 10.3. The number of hydrogen-bond acceptors (Lipinski definition) is 3. The van der Waals surface area contributed by atoms with Crippen LogP contribution < -0.4 is 0 Å². The molecular formula is C11H14O4. The van der Waals surface area contributed by atoms with Gasteiger partial charge in [-0.25, -0.2) is 0 Å². The third-order valence-electron chi connectivity index (χ3n) is 1.59. The first-order chi connectivity index (χ1) is 7.07. The van der Waals surface area contributed by atoms with Crippen LogP contribution in [-0.4, -0.2) is 22.6 Å². The molecule has 0 amide bonds. The second-order valence-corrected chi connectivity index (χ2v) is 2.94. The molecule has 0 aromatic heterocycles. The summed E-state index contributed by atoms with van der Waals surface area (Å²) in [6.07, 6.45) is 7.68. The molecule has 0 radical (unpaired) electrons. The lowest BCUT2D eigenvalue weighted by Gasteiger charge is -1.88. The number of carbonyl (C=O) groups is 3. The molecule has 1 aliphatic carbocycles. The van der Waals surface area contributed by atoms with Crippen molar-refractivity contribution in [2.24, 2.45) is 0 Å². The quantitative estimate of drug-likeness (QED) is 0.566. The van der Waals surface area contributed by atoms with Crippen molar-refractivity contribution in [2.75, 3.05) is 0 Å². The van der Waals surface area contributed by atoms with Crippen LogP contribution in [0.25, 0.3) is 0 Å². The Kier molecular flexibility index (Phi) is 6.80. The van der Waals surface area contributed by atoms with E-state index in [1.54, 1.807) is 12.2 Å². The van der Waals surface area contributed by atoms with Crippen LogP contribution in [0.3, 0.4) is 0 Å². The van der Waals surface area contributed by atoms with Gasteiger partial charge in [-0.3, -0.25) is 14.4 Å². The van der Waals surface area contributed by atoms with E-state index in [0.29, 0.717) is 6.42 Å². The number of rotatable bonds is 3. The van der Waals surface area contributed by atoms with E-state index >= 15 is 0 Å². The van der Waals surface area contributed by atoms with Gasteiger partial charge in [0, 0.05) is 6.42 Å². The lowest BCUT2D eigenvalue weighted by atomic mass is 10.1. The van der Waals surface area contributed by atoms with Gasteiger partial charge in [0.1, 0.15) is 0 Å². The molecule has 0 heterocycles. The van der Waals surface area contributed by atoms with Crippen molar-refractivity contribution in [1.82, 2.24) is 0 Å². The Morgan fingerprint density at radius 3 is 1.87 bits per heavy atom. The van der Waals surface area contributed by atoms with Gasteiger partial charge in [-0.05, 0) is 18.6 Å². The zero-order valence-corrected chi connectivity index (χ0v) is 8.60. The molecule has 1 N–H and O–H groups in total. The minimum absolute atomic E-state index is 0.316. The highest BCUT2D eigenvalue weighted by molar-refractivity contribution is 6.46. The maximum atomic E-state index is 10.3. The van der Waals surface area contributed by atoms with Crippen LogP contribution in [0.4, 0.5) is 0 Å². The number of carboxylic acid groups (broad SMARTS) is 1. The van der Waals surface area contributed by atoms with Crippen molar-refractivity contribution in [2.45, 2.75) is 26.2 Å². The van der Waals surface area contributed by atoms with Crippen LogP contribution in [0.5, 0.6) is 0 Å². The second kappa shape index (κ2) is 7.67. The predicted molar refractivity (Wildman–Crippen MR) is 55.5 cm³/mol. The molecule has 0 spiro atoms. The standard InChI is InChI=1S/C6H4O2.C5H10O2/c7-5-3-1-2-4-6(5)8;1-2-3-4-5(6)7/h1-4H;2-4H2,1H3,(H,6,7). The fraction of sp³-hybridized carbons (Fsp3) is 0.364. The van der Waals surface area contributed by atoms with E-state index in [4.69, 9.17) is 5.11 Å². The Bertz CT molecular complexity index is 278. The van der Waals surface area contributed by atoms with E-state index in [1.807, 2.05) is 6.92 Å². The molecular weight excluding hydrogens is 196 g/mol. The Balaban J connectivity index is 0.000000265. The molecule has 1 aliphatic rings. The third-order valence-corrected chi connectivity index (χ3v) is 1.59. The van der Waals surface area contributed by atoms with Gasteiger partial charge in [-0.15, -0.1) is 0 Å².